The van der Waals surface area contributed by atoms with Crippen LogP contribution in [0.1, 0.15) is 36.5 Å². The summed E-state index contributed by atoms with van der Waals surface area (Å²) in [6.45, 7) is 7.16. The van der Waals surface area contributed by atoms with Crippen molar-refractivity contribution in [1.82, 2.24) is 10.2 Å². The summed E-state index contributed by atoms with van der Waals surface area (Å²) in [7, 11) is 1.79. The predicted molar refractivity (Wildman–Crippen MR) is 112 cm³/mol. The number of halogens is 2. The van der Waals surface area contributed by atoms with Crippen LogP contribution >= 0.6 is 11.8 Å². The van der Waals surface area contributed by atoms with Crippen LogP contribution in [0.25, 0.3) is 0 Å². The lowest BCUT2D eigenvalue weighted by Crippen LogP contribution is -2.58. The molecule has 0 radical (unpaired) electrons. The zero-order chi connectivity index (χ0) is 20.7. The molecule has 0 aromatic heterocycles. The Hall–Kier alpha value is -2.34. The van der Waals surface area contributed by atoms with Crippen molar-refractivity contribution >= 4 is 17.7 Å². The first kappa shape index (κ1) is 20.4. The second-order valence-corrected chi connectivity index (χ2v) is 8.28. The molecule has 1 heterocycles. The predicted octanol–water partition coefficient (Wildman–Crippen LogP) is 5.50. The zero-order valence-electron chi connectivity index (χ0n) is 16.5. The van der Waals surface area contributed by atoms with Crippen LogP contribution in [0.15, 0.2) is 65.7 Å². The van der Waals surface area contributed by atoms with Crippen molar-refractivity contribution in [2.24, 2.45) is 0 Å². The first-order valence-corrected chi connectivity index (χ1v) is 10.2. The first-order valence-electron chi connectivity index (χ1n) is 9.00. The summed E-state index contributed by atoms with van der Waals surface area (Å²) in [4.78, 5) is 2.82. The normalized spacial score (nSPS) is 22.9. The third-order valence-electron chi connectivity index (χ3n) is 5.48. The molecule has 3 nitrogen and oxygen atoms in total. The number of alkyl halides is 2. The average molecular weight is 402 g/mol. The molecule has 148 valence electrons. The Morgan fingerprint density at radius 2 is 1.86 bits per heavy atom. The van der Waals surface area contributed by atoms with Crippen molar-refractivity contribution in [2.45, 2.75) is 36.1 Å². The molecule has 1 aliphatic rings. The molecule has 0 amide bonds. The molecule has 2 aromatic rings. The van der Waals surface area contributed by atoms with E-state index in [0.717, 1.165) is 28.6 Å². The van der Waals surface area contributed by atoms with Gasteiger partial charge >= 0.3 is 0 Å². The van der Waals surface area contributed by atoms with Gasteiger partial charge in [-0.3, -0.25) is 5.41 Å². The van der Waals surface area contributed by atoms with Gasteiger partial charge in [0.2, 0.25) is 0 Å². The number of hydrogen-bond acceptors (Lipinski definition) is 2. The van der Waals surface area contributed by atoms with E-state index >= 15 is 0 Å². The molecule has 0 saturated carbocycles. The summed E-state index contributed by atoms with van der Waals surface area (Å²) < 4.78 is 27.3. The highest BCUT2D eigenvalue weighted by Gasteiger charge is 2.45. The van der Waals surface area contributed by atoms with E-state index in [1.807, 2.05) is 31.4 Å². The highest BCUT2D eigenvalue weighted by molar-refractivity contribution is 7.98. The molecular weight excluding hydrogens is 376 g/mol. The maximum absolute atomic E-state index is 13.7. The lowest BCUT2D eigenvalue weighted by atomic mass is 9.72. The molecule has 0 spiro atoms. The minimum atomic E-state index is -2.88. The van der Waals surface area contributed by atoms with Crippen LogP contribution in [-0.2, 0) is 11.5 Å². The Kier molecular flexibility index (Phi) is 5.28. The Morgan fingerprint density at radius 1 is 1.21 bits per heavy atom. The zero-order valence-corrected chi connectivity index (χ0v) is 17.3. The van der Waals surface area contributed by atoms with Crippen LogP contribution in [0.4, 0.5) is 8.78 Å². The third-order valence-corrected chi connectivity index (χ3v) is 6.20. The molecule has 1 fully saturated rings. The van der Waals surface area contributed by atoms with Gasteiger partial charge < -0.3 is 10.2 Å². The molecule has 28 heavy (non-hydrogen) atoms. The minimum absolute atomic E-state index is 0.0159. The number of nitrogens with one attached hydrogen (secondary N) is 2. The molecular formula is C22H25F2N3S. The smallest absolute Gasteiger partial charge is 0.270 e. The topological polar surface area (TPSA) is 39.1 Å². The van der Waals surface area contributed by atoms with Gasteiger partial charge in [0.15, 0.2) is 5.96 Å². The van der Waals surface area contributed by atoms with Crippen LogP contribution in [0.5, 0.6) is 0 Å². The number of hydrogen-bond donors (Lipinski definition) is 2. The van der Waals surface area contributed by atoms with Gasteiger partial charge in [-0.05, 0) is 36.4 Å². The van der Waals surface area contributed by atoms with E-state index in [4.69, 9.17) is 5.41 Å². The second kappa shape index (κ2) is 7.24. The van der Waals surface area contributed by atoms with Crippen LogP contribution in [-0.4, -0.2) is 24.2 Å². The Morgan fingerprint density at radius 3 is 2.43 bits per heavy atom. The van der Waals surface area contributed by atoms with E-state index in [-0.39, 0.29) is 17.4 Å². The Bertz CT molecular complexity index is 905. The summed E-state index contributed by atoms with van der Waals surface area (Å²) in [6.07, 6.45) is 2.02. The maximum Gasteiger partial charge on any atom is 0.270 e. The lowest BCUT2D eigenvalue weighted by Gasteiger charge is -2.48. The van der Waals surface area contributed by atoms with E-state index in [1.165, 1.54) is 12.1 Å². The van der Waals surface area contributed by atoms with Gasteiger partial charge in [-0.2, -0.15) is 0 Å². The van der Waals surface area contributed by atoms with Crippen molar-refractivity contribution in [1.29, 1.82) is 5.41 Å². The number of benzene rings is 2. The standard InChI is InChI=1S/C22H25F2N3S/c1-14-19(15-9-11-16(12-10-15)22(3,23)24)21(2,26-20(25)27(14)4)17-7-6-8-18(13-17)28-5/h6-13,19H,1H2,2-5H3,(H2,25,26)/t19-,21+/m0/s1. The molecule has 2 atom stereocenters. The SMILES string of the molecule is C=C1[C@@H](c2ccc(C(C)(F)F)cc2)[C@@](C)(c2cccc(SC)c2)NC(=N)N1C. The van der Waals surface area contributed by atoms with Crippen LogP contribution in [0, 0.1) is 5.41 Å². The van der Waals surface area contributed by atoms with Crippen molar-refractivity contribution in [3.05, 3.63) is 77.5 Å². The van der Waals surface area contributed by atoms with Crippen molar-refractivity contribution in [3.8, 4) is 0 Å². The Labute approximate surface area is 169 Å². The summed E-state index contributed by atoms with van der Waals surface area (Å²) in [5, 5.41) is 11.7. The van der Waals surface area contributed by atoms with E-state index < -0.39 is 11.5 Å². The third kappa shape index (κ3) is 3.53. The van der Waals surface area contributed by atoms with E-state index in [0.29, 0.717) is 0 Å². The van der Waals surface area contributed by atoms with E-state index in [2.05, 4.69) is 18.0 Å². The number of rotatable bonds is 4. The van der Waals surface area contributed by atoms with Crippen LogP contribution in [0.2, 0.25) is 0 Å². The second-order valence-electron chi connectivity index (χ2n) is 7.40. The molecule has 6 heteroatoms. The van der Waals surface area contributed by atoms with E-state index in [1.54, 1.807) is 35.8 Å². The van der Waals surface area contributed by atoms with E-state index in [9.17, 15) is 8.78 Å². The van der Waals surface area contributed by atoms with Gasteiger partial charge in [0, 0.05) is 30.1 Å². The van der Waals surface area contributed by atoms with Crippen LogP contribution < -0.4 is 5.32 Å². The molecule has 0 aliphatic carbocycles. The number of thioether (sulfide) groups is 1. The van der Waals surface area contributed by atoms with Crippen molar-refractivity contribution < 1.29 is 8.78 Å². The quantitative estimate of drug-likeness (QED) is 0.664. The lowest BCUT2D eigenvalue weighted by molar-refractivity contribution is 0.0174. The monoisotopic (exact) mass is 401 g/mol. The Balaban J connectivity index is 2.13. The molecule has 3 rings (SSSR count). The number of guanidine groups is 1. The van der Waals surface area contributed by atoms with Gasteiger partial charge in [0.1, 0.15) is 0 Å². The average Bonchev–Trinajstić information content (AvgIpc) is 2.66. The number of nitrogens with zero attached hydrogens (tertiary/aromatic N) is 1. The van der Waals surface area contributed by atoms with Gasteiger partial charge in [-0.15, -0.1) is 11.8 Å². The molecule has 0 bridgehead atoms. The van der Waals surface area contributed by atoms with Gasteiger partial charge in [0.25, 0.3) is 5.92 Å². The van der Waals surface area contributed by atoms with Gasteiger partial charge in [-0.1, -0.05) is 43.0 Å². The van der Waals surface area contributed by atoms with Gasteiger partial charge in [0.05, 0.1) is 11.5 Å². The molecule has 0 unspecified atom stereocenters. The molecule has 1 saturated heterocycles. The molecule has 1 aliphatic heterocycles. The highest BCUT2D eigenvalue weighted by Crippen LogP contribution is 2.45. The van der Waals surface area contributed by atoms with Crippen molar-refractivity contribution in [2.75, 3.05) is 13.3 Å². The fourth-order valence-corrected chi connectivity index (χ4v) is 4.21. The highest BCUT2D eigenvalue weighted by atomic mass is 32.2. The van der Waals surface area contributed by atoms with Gasteiger partial charge in [-0.25, -0.2) is 8.78 Å². The largest absolute Gasteiger partial charge is 0.346 e. The van der Waals surface area contributed by atoms with Crippen molar-refractivity contribution in [3.63, 3.8) is 0 Å². The summed E-state index contributed by atoms with van der Waals surface area (Å²) in [5.74, 6) is -2.84. The first-order chi connectivity index (χ1) is 13.1. The van der Waals surface area contributed by atoms with Crippen LogP contribution in [0.3, 0.4) is 0 Å². The molecule has 2 aromatic carbocycles. The minimum Gasteiger partial charge on any atom is -0.346 e. The summed E-state index contributed by atoms with van der Waals surface area (Å²) in [5.41, 5.74) is 1.99. The molecule has 2 N–H and O–H groups in total. The fourth-order valence-electron chi connectivity index (χ4n) is 3.75. The maximum atomic E-state index is 13.7. The number of likely N-dealkylation sites (N-methyl/N-ethyl adjacent to an activating group) is 1. The fraction of sp³-hybridized carbons (Fsp3) is 0.318. The summed E-state index contributed by atoms with van der Waals surface area (Å²) >= 11 is 1.65. The summed E-state index contributed by atoms with van der Waals surface area (Å²) in [6, 6.07) is 14.6.